The summed E-state index contributed by atoms with van der Waals surface area (Å²) in [5.74, 6) is 0.751. The van der Waals surface area contributed by atoms with Crippen LogP contribution in [0.15, 0.2) is 22.8 Å². The number of ether oxygens (including phenoxy) is 1. The Labute approximate surface area is 119 Å². The molecule has 2 unspecified atom stereocenters. The van der Waals surface area contributed by atoms with E-state index in [1.54, 1.807) is 6.26 Å². The molecule has 2 atom stereocenters. The van der Waals surface area contributed by atoms with E-state index in [1.807, 2.05) is 17.0 Å². The molecule has 20 heavy (non-hydrogen) atoms. The van der Waals surface area contributed by atoms with E-state index in [2.05, 4.69) is 0 Å². The topological polar surface area (TPSA) is 68.7 Å². The van der Waals surface area contributed by atoms with E-state index in [4.69, 9.17) is 14.9 Å². The van der Waals surface area contributed by atoms with Crippen LogP contribution in [0.4, 0.5) is 0 Å². The summed E-state index contributed by atoms with van der Waals surface area (Å²) in [4.78, 5) is 14.8. The zero-order valence-corrected chi connectivity index (χ0v) is 11.7. The molecule has 1 saturated carbocycles. The molecule has 1 amide bonds. The van der Waals surface area contributed by atoms with Crippen molar-refractivity contribution < 1.29 is 13.9 Å². The Morgan fingerprint density at radius 2 is 2.15 bits per heavy atom. The zero-order chi connectivity index (χ0) is 13.9. The molecule has 5 heteroatoms. The number of nitrogens with zero attached hydrogens (tertiary/aromatic N) is 1. The lowest BCUT2D eigenvalue weighted by Gasteiger charge is -2.31. The van der Waals surface area contributed by atoms with Crippen molar-refractivity contribution in [2.75, 3.05) is 13.2 Å². The first-order chi connectivity index (χ1) is 9.75. The van der Waals surface area contributed by atoms with Gasteiger partial charge in [-0.05, 0) is 25.0 Å². The highest BCUT2D eigenvalue weighted by atomic mass is 16.5. The zero-order valence-electron chi connectivity index (χ0n) is 11.7. The Hall–Kier alpha value is -1.33. The predicted molar refractivity (Wildman–Crippen MR) is 73.8 cm³/mol. The van der Waals surface area contributed by atoms with Gasteiger partial charge in [-0.2, -0.15) is 0 Å². The number of furan rings is 1. The molecule has 0 radical (unpaired) electrons. The van der Waals surface area contributed by atoms with E-state index in [0.29, 0.717) is 25.8 Å². The van der Waals surface area contributed by atoms with Gasteiger partial charge in [0.25, 0.3) is 0 Å². The molecule has 2 heterocycles. The van der Waals surface area contributed by atoms with Crippen molar-refractivity contribution in [2.45, 2.75) is 44.3 Å². The van der Waals surface area contributed by atoms with Gasteiger partial charge >= 0.3 is 0 Å². The van der Waals surface area contributed by atoms with E-state index in [1.165, 1.54) is 12.8 Å². The molecule has 1 aliphatic carbocycles. The molecule has 5 nitrogen and oxygen atoms in total. The number of carbonyl (C=O) groups excluding carboxylic acids is 1. The number of amides is 1. The van der Waals surface area contributed by atoms with E-state index >= 15 is 0 Å². The number of carbonyl (C=O) groups is 1. The molecule has 2 aliphatic rings. The maximum atomic E-state index is 12.8. The summed E-state index contributed by atoms with van der Waals surface area (Å²) in [5.41, 5.74) is 5.99. The first kappa shape index (κ1) is 13.6. The van der Waals surface area contributed by atoms with Gasteiger partial charge in [0.1, 0.15) is 5.76 Å². The Morgan fingerprint density at radius 3 is 2.75 bits per heavy atom. The summed E-state index contributed by atoms with van der Waals surface area (Å²) in [6.45, 7) is 1.47. The third kappa shape index (κ3) is 2.74. The van der Waals surface area contributed by atoms with Crippen LogP contribution in [0.2, 0.25) is 0 Å². The maximum absolute atomic E-state index is 12.8. The van der Waals surface area contributed by atoms with E-state index in [9.17, 15) is 4.79 Å². The molecular weight excluding hydrogens is 256 g/mol. The number of rotatable bonds is 4. The summed E-state index contributed by atoms with van der Waals surface area (Å²) in [6.07, 6.45) is 6.20. The summed E-state index contributed by atoms with van der Waals surface area (Å²) < 4.78 is 10.7. The second kappa shape index (κ2) is 5.97. The Kier molecular flexibility index (Phi) is 4.08. The van der Waals surface area contributed by atoms with Gasteiger partial charge in [0.15, 0.2) is 0 Å². The van der Waals surface area contributed by atoms with Crippen molar-refractivity contribution >= 4 is 5.91 Å². The number of hydrogen-bond donors (Lipinski definition) is 1. The highest BCUT2D eigenvalue weighted by Gasteiger charge is 2.37. The highest BCUT2D eigenvalue weighted by molar-refractivity contribution is 5.80. The van der Waals surface area contributed by atoms with Crippen LogP contribution in [-0.2, 0) is 16.1 Å². The summed E-state index contributed by atoms with van der Waals surface area (Å²) in [6, 6.07) is 3.92. The minimum Gasteiger partial charge on any atom is -0.467 e. The fraction of sp³-hybridized carbons (Fsp3) is 0.667. The van der Waals surface area contributed by atoms with Gasteiger partial charge in [0.2, 0.25) is 5.91 Å². The van der Waals surface area contributed by atoms with Crippen LogP contribution in [0.5, 0.6) is 0 Å². The summed E-state index contributed by atoms with van der Waals surface area (Å²) >= 11 is 0. The molecule has 2 fully saturated rings. The Balaban J connectivity index is 1.75. The lowest BCUT2D eigenvalue weighted by Crippen LogP contribution is -2.46. The number of nitrogens with two attached hydrogens (primary N) is 1. The smallest absolute Gasteiger partial charge is 0.230 e. The van der Waals surface area contributed by atoms with Gasteiger partial charge < -0.3 is 19.8 Å². The van der Waals surface area contributed by atoms with E-state index < -0.39 is 0 Å². The van der Waals surface area contributed by atoms with Crippen molar-refractivity contribution in [3.8, 4) is 0 Å². The number of hydrogen-bond acceptors (Lipinski definition) is 4. The lowest BCUT2D eigenvalue weighted by atomic mass is 10.0. The third-order valence-corrected chi connectivity index (χ3v) is 4.40. The summed E-state index contributed by atoms with van der Waals surface area (Å²) in [5, 5.41) is 0. The monoisotopic (exact) mass is 278 g/mol. The van der Waals surface area contributed by atoms with Crippen LogP contribution >= 0.6 is 0 Å². The molecule has 0 spiro atoms. The van der Waals surface area contributed by atoms with Crippen LogP contribution in [0.25, 0.3) is 0 Å². The molecule has 3 rings (SSSR count). The standard InChI is InChI=1S/C15H22N2O3/c16-14-10-19-9-13(14)15(18)17(11-4-1-2-5-11)8-12-6-3-7-20-12/h3,6-7,11,13-14H,1-2,4-5,8-10,16H2. The van der Waals surface area contributed by atoms with Crippen LogP contribution in [0.1, 0.15) is 31.4 Å². The third-order valence-electron chi connectivity index (χ3n) is 4.40. The minimum absolute atomic E-state index is 0.123. The highest BCUT2D eigenvalue weighted by Crippen LogP contribution is 2.28. The second-order valence-electron chi connectivity index (χ2n) is 5.79. The van der Waals surface area contributed by atoms with Crippen LogP contribution < -0.4 is 5.73 Å². The molecule has 1 saturated heterocycles. The molecule has 0 aromatic carbocycles. The van der Waals surface area contributed by atoms with Crippen molar-refractivity contribution in [3.05, 3.63) is 24.2 Å². The fourth-order valence-electron chi connectivity index (χ4n) is 3.21. The van der Waals surface area contributed by atoms with Crippen molar-refractivity contribution in [1.82, 2.24) is 4.90 Å². The average molecular weight is 278 g/mol. The quantitative estimate of drug-likeness (QED) is 0.906. The van der Waals surface area contributed by atoms with E-state index in [-0.39, 0.29) is 17.9 Å². The summed E-state index contributed by atoms with van der Waals surface area (Å²) in [7, 11) is 0. The van der Waals surface area contributed by atoms with Crippen molar-refractivity contribution in [3.63, 3.8) is 0 Å². The molecule has 1 aliphatic heterocycles. The first-order valence-electron chi connectivity index (χ1n) is 7.42. The van der Waals surface area contributed by atoms with Gasteiger partial charge in [0.05, 0.1) is 31.9 Å². The largest absolute Gasteiger partial charge is 0.467 e. The van der Waals surface area contributed by atoms with E-state index in [0.717, 1.165) is 18.6 Å². The molecule has 1 aromatic rings. The van der Waals surface area contributed by atoms with Crippen LogP contribution in [0, 0.1) is 5.92 Å². The average Bonchev–Trinajstić information content (AvgIpc) is 3.17. The van der Waals surface area contributed by atoms with Gasteiger partial charge in [-0.1, -0.05) is 12.8 Å². The molecule has 1 aromatic heterocycles. The van der Waals surface area contributed by atoms with Gasteiger partial charge in [0, 0.05) is 12.1 Å². The second-order valence-corrected chi connectivity index (χ2v) is 5.79. The fourth-order valence-corrected chi connectivity index (χ4v) is 3.21. The Bertz CT molecular complexity index is 440. The molecule has 110 valence electrons. The SMILES string of the molecule is NC1COCC1C(=O)N(Cc1ccco1)C1CCCC1. The molecule has 0 bridgehead atoms. The van der Waals surface area contributed by atoms with Crippen LogP contribution in [-0.4, -0.2) is 36.1 Å². The predicted octanol–water partition coefficient (Wildman–Crippen LogP) is 1.52. The van der Waals surface area contributed by atoms with Gasteiger partial charge in [-0.15, -0.1) is 0 Å². The maximum Gasteiger partial charge on any atom is 0.230 e. The van der Waals surface area contributed by atoms with Crippen molar-refractivity contribution in [1.29, 1.82) is 0 Å². The van der Waals surface area contributed by atoms with Crippen LogP contribution in [0.3, 0.4) is 0 Å². The molecular formula is C15H22N2O3. The first-order valence-corrected chi connectivity index (χ1v) is 7.42. The molecule has 2 N–H and O–H groups in total. The van der Waals surface area contributed by atoms with Crippen molar-refractivity contribution in [2.24, 2.45) is 11.7 Å². The lowest BCUT2D eigenvalue weighted by molar-refractivity contribution is -0.139. The minimum atomic E-state index is -0.203. The Morgan fingerprint density at radius 1 is 1.35 bits per heavy atom. The van der Waals surface area contributed by atoms with Gasteiger partial charge in [-0.3, -0.25) is 4.79 Å². The van der Waals surface area contributed by atoms with Gasteiger partial charge in [-0.25, -0.2) is 0 Å². The normalized spacial score (nSPS) is 27.1.